The first-order valence-electron chi connectivity index (χ1n) is 6.64. The zero-order valence-electron chi connectivity index (χ0n) is 11.4. The molecule has 0 unspecified atom stereocenters. The SMILES string of the molecule is C=C(Cc1ccc(CCCC)cc1)NC(C)C. The fraction of sp³-hybridized carbons (Fsp3) is 0.500. The molecule has 94 valence electrons. The molecule has 0 radical (unpaired) electrons. The third-order valence-corrected chi connectivity index (χ3v) is 2.75. The first-order valence-corrected chi connectivity index (χ1v) is 6.64. The van der Waals surface area contributed by atoms with E-state index in [4.69, 9.17) is 0 Å². The van der Waals surface area contributed by atoms with Gasteiger partial charge in [-0.15, -0.1) is 0 Å². The maximum Gasteiger partial charge on any atom is 0.0201 e. The molecule has 0 aliphatic rings. The lowest BCUT2D eigenvalue weighted by atomic mass is 10.0. The summed E-state index contributed by atoms with van der Waals surface area (Å²) in [6.45, 7) is 10.6. The summed E-state index contributed by atoms with van der Waals surface area (Å²) in [6, 6.07) is 9.39. The lowest BCUT2D eigenvalue weighted by Crippen LogP contribution is -2.22. The standard InChI is InChI=1S/C16H25N/c1-5-6-7-15-8-10-16(11-9-15)12-14(4)17-13(2)3/h8-11,13,17H,4-7,12H2,1-3H3. The van der Waals surface area contributed by atoms with Crippen LogP contribution in [0.3, 0.4) is 0 Å². The van der Waals surface area contributed by atoms with Crippen molar-refractivity contribution in [1.29, 1.82) is 0 Å². The van der Waals surface area contributed by atoms with Gasteiger partial charge in [-0.3, -0.25) is 0 Å². The summed E-state index contributed by atoms with van der Waals surface area (Å²) in [7, 11) is 0. The van der Waals surface area contributed by atoms with Gasteiger partial charge in [-0.1, -0.05) is 44.2 Å². The number of benzene rings is 1. The highest BCUT2D eigenvalue weighted by molar-refractivity contribution is 5.25. The highest BCUT2D eigenvalue weighted by atomic mass is 14.9. The van der Waals surface area contributed by atoms with Gasteiger partial charge in [0.2, 0.25) is 0 Å². The number of hydrogen-bond donors (Lipinski definition) is 1. The molecule has 17 heavy (non-hydrogen) atoms. The second-order valence-electron chi connectivity index (χ2n) is 5.00. The molecule has 0 amide bonds. The molecule has 1 aromatic carbocycles. The van der Waals surface area contributed by atoms with Crippen molar-refractivity contribution >= 4 is 0 Å². The molecular formula is C16H25N. The molecule has 0 atom stereocenters. The third kappa shape index (κ3) is 5.58. The summed E-state index contributed by atoms with van der Waals surface area (Å²) in [6.07, 6.45) is 4.66. The van der Waals surface area contributed by atoms with Crippen molar-refractivity contribution in [2.24, 2.45) is 0 Å². The van der Waals surface area contributed by atoms with Crippen LogP contribution in [0, 0.1) is 0 Å². The Hall–Kier alpha value is -1.24. The molecule has 0 aliphatic heterocycles. The zero-order chi connectivity index (χ0) is 12.7. The van der Waals surface area contributed by atoms with E-state index in [2.05, 4.69) is 56.9 Å². The van der Waals surface area contributed by atoms with E-state index >= 15 is 0 Å². The van der Waals surface area contributed by atoms with Gasteiger partial charge >= 0.3 is 0 Å². The molecule has 0 saturated heterocycles. The molecule has 0 aromatic heterocycles. The fourth-order valence-electron chi connectivity index (χ4n) is 1.91. The Labute approximate surface area is 106 Å². The topological polar surface area (TPSA) is 12.0 Å². The van der Waals surface area contributed by atoms with Crippen LogP contribution in [-0.4, -0.2) is 6.04 Å². The van der Waals surface area contributed by atoms with E-state index in [1.54, 1.807) is 0 Å². The number of unbranched alkanes of at least 4 members (excludes halogenated alkanes) is 1. The second kappa shape index (κ2) is 7.16. The molecule has 1 N–H and O–H groups in total. The predicted octanol–water partition coefficient (Wildman–Crippen LogP) is 4.08. The smallest absolute Gasteiger partial charge is 0.0201 e. The van der Waals surface area contributed by atoms with E-state index in [-0.39, 0.29) is 0 Å². The summed E-state index contributed by atoms with van der Waals surface area (Å²) in [4.78, 5) is 0. The summed E-state index contributed by atoms with van der Waals surface area (Å²) < 4.78 is 0. The minimum Gasteiger partial charge on any atom is -0.386 e. The number of allylic oxidation sites excluding steroid dienone is 1. The Morgan fingerprint density at radius 2 is 1.76 bits per heavy atom. The number of hydrogen-bond acceptors (Lipinski definition) is 1. The quantitative estimate of drug-likeness (QED) is 0.745. The van der Waals surface area contributed by atoms with E-state index in [1.165, 1.54) is 30.4 Å². The minimum atomic E-state index is 0.464. The maximum absolute atomic E-state index is 4.05. The van der Waals surface area contributed by atoms with Crippen LogP contribution < -0.4 is 5.32 Å². The summed E-state index contributed by atoms with van der Waals surface area (Å²) in [5, 5.41) is 3.35. The van der Waals surface area contributed by atoms with E-state index in [1.807, 2.05) is 0 Å². The van der Waals surface area contributed by atoms with Crippen molar-refractivity contribution in [2.75, 3.05) is 0 Å². The van der Waals surface area contributed by atoms with E-state index in [0.29, 0.717) is 6.04 Å². The van der Waals surface area contributed by atoms with Crippen LogP contribution in [0.25, 0.3) is 0 Å². The van der Waals surface area contributed by atoms with E-state index in [0.717, 1.165) is 12.1 Å². The molecule has 0 bridgehead atoms. The molecule has 0 spiro atoms. The Morgan fingerprint density at radius 1 is 1.18 bits per heavy atom. The molecule has 1 heteroatoms. The van der Waals surface area contributed by atoms with Gasteiger partial charge in [0.1, 0.15) is 0 Å². The van der Waals surface area contributed by atoms with E-state index in [9.17, 15) is 0 Å². The molecule has 1 rings (SSSR count). The lowest BCUT2D eigenvalue weighted by molar-refractivity contribution is 0.657. The minimum absolute atomic E-state index is 0.464. The molecular weight excluding hydrogens is 206 g/mol. The van der Waals surface area contributed by atoms with Gasteiger partial charge in [0, 0.05) is 18.2 Å². The third-order valence-electron chi connectivity index (χ3n) is 2.75. The average molecular weight is 231 g/mol. The summed E-state index contributed by atoms with van der Waals surface area (Å²) >= 11 is 0. The van der Waals surface area contributed by atoms with Gasteiger partial charge in [-0.05, 0) is 37.8 Å². The number of rotatable bonds is 7. The molecule has 0 aliphatic carbocycles. The Balaban J connectivity index is 2.47. The molecule has 0 saturated carbocycles. The highest BCUT2D eigenvalue weighted by Gasteiger charge is 1.99. The van der Waals surface area contributed by atoms with Crippen LogP contribution in [0.4, 0.5) is 0 Å². The van der Waals surface area contributed by atoms with E-state index < -0.39 is 0 Å². The lowest BCUT2D eigenvalue weighted by Gasteiger charge is -2.13. The van der Waals surface area contributed by atoms with Crippen LogP contribution in [0.2, 0.25) is 0 Å². The Kier molecular flexibility index (Phi) is 5.82. The first kappa shape index (κ1) is 13.8. The van der Waals surface area contributed by atoms with Crippen molar-refractivity contribution in [2.45, 2.75) is 52.5 Å². The molecule has 1 nitrogen and oxygen atoms in total. The normalized spacial score (nSPS) is 10.6. The molecule has 1 aromatic rings. The fourth-order valence-corrected chi connectivity index (χ4v) is 1.91. The molecule has 0 heterocycles. The van der Waals surface area contributed by atoms with Crippen LogP contribution in [0.1, 0.15) is 44.7 Å². The van der Waals surface area contributed by atoms with Crippen molar-refractivity contribution < 1.29 is 0 Å². The van der Waals surface area contributed by atoms with Crippen molar-refractivity contribution in [1.82, 2.24) is 5.32 Å². The van der Waals surface area contributed by atoms with Crippen LogP contribution in [0.15, 0.2) is 36.5 Å². The van der Waals surface area contributed by atoms with Gasteiger partial charge in [-0.2, -0.15) is 0 Å². The van der Waals surface area contributed by atoms with Gasteiger partial charge in [0.25, 0.3) is 0 Å². The predicted molar refractivity (Wildman–Crippen MR) is 76.2 cm³/mol. The second-order valence-corrected chi connectivity index (χ2v) is 5.00. The Morgan fingerprint density at radius 3 is 2.29 bits per heavy atom. The van der Waals surface area contributed by atoms with Crippen LogP contribution >= 0.6 is 0 Å². The first-order chi connectivity index (χ1) is 8.11. The summed E-state index contributed by atoms with van der Waals surface area (Å²) in [5.41, 5.74) is 3.88. The van der Waals surface area contributed by atoms with Crippen LogP contribution in [0.5, 0.6) is 0 Å². The van der Waals surface area contributed by atoms with Gasteiger partial charge in [0.05, 0.1) is 0 Å². The van der Waals surface area contributed by atoms with Gasteiger partial charge in [0.15, 0.2) is 0 Å². The maximum atomic E-state index is 4.05. The van der Waals surface area contributed by atoms with Crippen molar-refractivity contribution in [3.63, 3.8) is 0 Å². The van der Waals surface area contributed by atoms with Gasteiger partial charge < -0.3 is 5.32 Å². The highest BCUT2D eigenvalue weighted by Crippen LogP contribution is 2.10. The molecule has 0 fully saturated rings. The van der Waals surface area contributed by atoms with Crippen LogP contribution in [-0.2, 0) is 12.8 Å². The summed E-state index contributed by atoms with van der Waals surface area (Å²) in [5.74, 6) is 0. The van der Waals surface area contributed by atoms with Gasteiger partial charge in [-0.25, -0.2) is 0 Å². The average Bonchev–Trinajstić information content (AvgIpc) is 2.27. The Bertz CT molecular complexity index is 335. The van der Waals surface area contributed by atoms with Crippen molar-refractivity contribution in [3.8, 4) is 0 Å². The zero-order valence-corrected chi connectivity index (χ0v) is 11.4. The van der Waals surface area contributed by atoms with Crippen molar-refractivity contribution in [3.05, 3.63) is 47.7 Å². The largest absolute Gasteiger partial charge is 0.386 e. The monoisotopic (exact) mass is 231 g/mol. The number of aryl methyl sites for hydroxylation is 1. The number of nitrogens with one attached hydrogen (secondary N) is 1.